The van der Waals surface area contributed by atoms with Crippen molar-refractivity contribution in [2.75, 3.05) is 27.2 Å². The number of aryl methyl sites for hydroxylation is 1. The molecule has 1 aromatic carbocycles. The zero-order chi connectivity index (χ0) is 18.4. The van der Waals surface area contributed by atoms with Crippen molar-refractivity contribution in [3.05, 3.63) is 52.4 Å². The molecule has 25 heavy (non-hydrogen) atoms. The number of amides is 1. The highest BCUT2D eigenvalue weighted by atomic mass is 35.5. The number of furan rings is 1. The number of ether oxygens (including phenoxy) is 1. The second-order valence-electron chi connectivity index (χ2n) is 6.09. The van der Waals surface area contributed by atoms with Crippen LogP contribution in [0, 0.1) is 6.92 Å². The summed E-state index contributed by atoms with van der Waals surface area (Å²) in [5.41, 5.74) is 0.926. The van der Waals surface area contributed by atoms with Crippen LogP contribution in [0.25, 0.3) is 0 Å². The van der Waals surface area contributed by atoms with E-state index < -0.39 is 6.10 Å². The first-order chi connectivity index (χ1) is 11.8. The summed E-state index contributed by atoms with van der Waals surface area (Å²) >= 11 is 5.98. The zero-order valence-electron chi connectivity index (χ0n) is 14.6. The van der Waals surface area contributed by atoms with Crippen molar-refractivity contribution in [1.82, 2.24) is 10.2 Å². The SMILES string of the molecule is Cc1cc(OCc2ccc(C(=O)NCC(O)CN(C)C)o2)ccc1Cl. The summed E-state index contributed by atoms with van der Waals surface area (Å²) in [7, 11) is 3.71. The third-order valence-electron chi connectivity index (χ3n) is 3.47. The molecule has 0 fully saturated rings. The number of rotatable bonds is 8. The van der Waals surface area contributed by atoms with Crippen LogP contribution in [0.15, 0.2) is 34.7 Å². The summed E-state index contributed by atoms with van der Waals surface area (Å²) in [6, 6.07) is 8.66. The summed E-state index contributed by atoms with van der Waals surface area (Å²) in [5, 5.41) is 13.1. The number of carbonyl (C=O) groups is 1. The summed E-state index contributed by atoms with van der Waals surface area (Å²) in [6.45, 7) is 2.73. The van der Waals surface area contributed by atoms with Gasteiger partial charge in [0.1, 0.15) is 18.1 Å². The lowest BCUT2D eigenvalue weighted by Crippen LogP contribution is -2.37. The van der Waals surface area contributed by atoms with Gasteiger partial charge in [-0.15, -0.1) is 0 Å². The Morgan fingerprint density at radius 3 is 2.80 bits per heavy atom. The normalized spacial score (nSPS) is 12.2. The quantitative estimate of drug-likeness (QED) is 0.750. The van der Waals surface area contributed by atoms with Crippen molar-refractivity contribution in [2.24, 2.45) is 0 Å². The Labute approximate surface area is 152 Å². The van der Waals surface area contributed by atoms with Crippen LogP contribution in [0.4, 0.5) is 0 Å². The fourth-order valence-electron chi connectivity index (χ4n) is 2.22. The van der Waals surface area contributed by atoms with Gasteiger partial charge in [0.05, 0.1) is 6.10 Å². The average molecular weight is 367 g/mol. The Bertz CT molecular complexity index is 715. The highest BCUT2D eigenvalue weighted by Gasteiger charge is 2.13. The number of halogens is 1. The molecule has 0 radical (unpaired) electrons. The van der Waals surface area contributed by atoms with Gasteiger partial charge in [0, 0.05) is 18.1 Å². The summed E-state index contributed by atoms with van der Waals surface area (Å²) in [5.74, 6) is 1.03. The van der Waals surface area contributed by atoms with Crippen molar-refractivity contribution >= 4 is 17.5 Å². The highest BCUT2D eigenvalue weighted by Crippen LogP contribution is 2.22. The number of nitrogens with zero attached hydrogens (tertiary/aromatic N) is 1. The molecule has 1 heterocycles. The van der Waals surface area contributed by atoms with Gasteiger partial charge in [0.15, 0.2) is 5.76 Å². The molecular weight excluding hydrogens is 344 g/mol. The molecule has 2 rings (SSSR count). The Morgan fingerprint density at radius 1 is 1.36 bits per heavy atom. The topological polar surface area (TPSA) is 74.9 Å². The first-order valence-corrected chi connectivity index (χ1v) is 8.31. The van der Waals surface area contributed by atoms with Crippen LogP contribution in [0.5, 0.6) is 5.75 Å². The molecule has 1 atom stereocenters. The predicted molar refractivity (Wildman–Crippen MR) is 96.1 cm³/mol. The van der Waals surface area contributed by atoms with Crippen LogP contribution in [0.3, 0.4) is 0 Å². The van der Waals surface area contributed by atoms with Crippen LogP contribution in [-0.4, -0.2) is 49.2 Å². The zero-order valence-corrected chi connectivity index (χ0v) is 15.3. The summed E-state index contributed by atoms with van der Waals surface area (Å²) < 4.78 is 11.1. The van der Waals surface area contributed by atoms with E-state index in [1.54, 1.807) is 24.3 Å². The second kappa shape index (κ2) is 8.89. The van der Waals surface area contributed by atoms with E-state index in [1.165, 1.54) is 0 Å². The maximum atomic E-state index is 12.0. The number of hydrogen-bond donors (Lipinski definition) is 2. The highest BCUT2D eigenvalue weighted by molar-refractivity contribution is 6.31. The molecule has 1 aromatic heterocycles. The Hall–Kier alpha value is -2.02. The molecule has 1 unspecified atom stereocenters. The van der Waals surface area contributed by atoms with E-state index in [0.717, 1.165) is 5.56 Å². The Morgan fingerprint density at radius 2 is 2.12 bits per heavy atom. The van der Waals surface area contributed by atoms with E-state index in [9.17, 15) is 9.90 Å². The van der Waals surface area contributed by atoms with Gasteiger partial charge in [-0.25, -0.2) is 0 Å². The van der Waals surface area contributed by atoms with Gasteiger partial charge in [-0.1, -0.05) is 11.6 Å². The number of aliphatic hydroxyl groups is 1. The maximum absolute atomic E-state index is 12.0. The van der Waals surface area contributed by atoms with Gasteiger partial charge < -0.3 is 24.5 Å². The van der Waals surface area contributed by atoms with Gasteiger partial charge in [0.25, 0.3) is 5.91 Å². The lowest BCUT2D eigenvalue weighted by atomic mass is 10.2. The van der Waals surface area contributed by atoms with Gasteiger partial charge in [-0.2, -0.15) is 0 Å². The standard InChI is InChI=1S/C18H23ClN2O4/c1-12-8-14(4-6-16(12)19)24-11-15-5-7-17(25-15)18(23)20-9-13(22)10-21(2)3/h4-8,13,22H,9-11H2,1-3H3,(H,20,23). The fraction of sp³-hybridized carbons (Fsp3) is 0.389. The van der Waals surface area contributed by atoms with E-state index in [-0.39, 0.29) is 24.8 Å². The van der Waals surface area contributed by atoms with Gasteiger partial charge in [-0.3, -0.25) is 4.79 Å². The molecule has 0 spiro atoms. The van der Waals surface area contributed by atoms with Crippen molar-refractivity contribution < 1.29 is 19.1 Å². The number of nitrogens with one attached hydrogen (secondary N) is 1. The van der Waals surface area contributed by atoms with E-state index in [2.05, 4.69) is 5.32 Å². The molecule has 0 saturated carbocycles. The molecule has 0 aliphatic heterocycles. The largest absolute Gasteiger partial charge is 0.486 e. The maximum Gasteiger partial charge on any atom is 0.287 e. The Balaban J connectivity index is 1.84. The van der Waals surface area contributed by atoms with Crippen molar-refractivity contribution in [2.45, 2.75) is 19.6 Å². The van der Waals surface area contributed by atoms with Gasteiger partial charge in [0.2, 0.25) is 0 Å². The average Bonchev–Trinajstić information content (AvgIpc) is 3.02. The van der Waals surface area contributed by atoms with Crippen molar-refractivity contribution in [1.29, 1.82) is 0 Å². The molecule has 1 amide bonds. The molecule has 2 aromatic rings. The second-order valence-corrected chi connectivity index (χ2v) is 6.50. The van der Waals surface area contributed by atoms with Crippen LogP contribution in [0.1, 0.15) is 21.9 Å². The van der Waals surface area contributed by atoms with E-state index in [0.29, 0.717) is 23.1 Å². The smallest absolute Gasteiger partial charge is 0.287 e. The minimum atomic E-state index is -0.634. The molecular formula is C18H23ClN2O4. The van der Waals surface area contributed by atoms with Gasteiger partial charge in [-0.05, 0) is 56.9 Å². The van der Waals surface area contributed by atoms with Crippen LogP contribution in [0.2, 0.25) is 5.02 Å². The molecule has 0 saturated heterocycles. The van der Waals surface area contributed by atoms with Crippen LogP contribution >= 0.6 is 11.6 Å². The molecule has 7 heteroatoms. The third-order valence-corrected chi connectivity index (χ3v) is 3.89. The summed E-state index contributed by atoms with van der Waals surface area (Å²) in [4.78, 5) is 13.9. The van der Waals surface area contributed by atoms with Crippen molar-refractivity contribution in [3.8, 4) is 5.75 Å². The molecule has 0 aliphatic rings. The lowest BCUT2D eigenvalue weighted by molar-refractivity contribution is 0.0863. The monoisotopic (exact) mass is 366 g/mol. The first-order valence-electron chi connectivity index (χ1n) is 7.94. The fourth-order valence-corrected chi connectivity index (χ4v) is 2.34. The number of hydrogen-bond acceptors (Lipinski definition) is 5. The van der Waals surface area contributed by atoms with Crippen molar-refractivity contribution in [3.63, 3.8) is 0 Å². The number of carbonyl (C=O) groups excluding carboxylic acids is 1. The number of benzene rings is 1. The third kappa shape index (κ3) is 6.08. The Kier molecular flexibility index (Phi) is 6.87. The van der Waals surface area contributed by atoms with E-state index >= 15 is 0 Å². The summed E-state index contributed by atoms with van der Waals surface area (Å²) in [6.07, 6.45) is -0.634. The number of aliphatic hydroxyl groups excluding tert-OH is 1. The molecule has 136 valence electrons. The molecule has 0 aliphatic carbocycles. The molecule has 2 N–H and O–H groups in total. The molecule has 6 nitrogen and oxygen atoms in total. The predicted octanol–water partition coefficient (Wildman–Crippen LogP) is 2.47. The van der Waals surface area contributed by atoms with E-state index in [1.807, 2.05) is 32.0 Å². The minimum absolute atomic E-state index is 0.160. The first kappa shape index (κ1) is 19.3. The van der Waals surface area contributed by atoms with Gasteiger partial charge >= 0.3 is 0 Å². The minimum Gasteiger partial charge on any atom is -0.486 e. The lowest BCUT2D eigenvalue weighted by Gasteiger charge is -2.15. The molecule has 0 bridgehead atoms. The van der Waals surface area contributed by atoms with E-state index in [4.69, 9.17) is 20.8 Å². The van der Waals surface area contributed by atoms with Crippen LogP contribution < -0.4 is 10.1 Å². The van der Waals surface area contributed by atoms with Crippen LogP contribution in [-0.2, 0) is 6.61 Å². The number of likely N-dealkylation sites (N-methyl/N-ethyl adjacent to an activating group) is 1.